The molecule has 1 fully saturated rings. The fourth-order valence-corrected chi connectivity index (χ4v) is 2.93. The maximum absolute atomic E-state index is 12.4. The lowest BCUT2D eigenvalue weighted by atomic mass is 9.84. The van der Waals surface area contributed by atoms with Crippen molar-refractivity contribution in [3.63, 3.8) is 0 Å². The van der Waals surface area contributed by atoms with E-state index in [9.17, 15) is 4.79 Å². The van der Waals surface area contributed by atoms with Gasteiger partial charge in [-0.2, -0.15) is 0 Å². The largest absolute Gasteiger partial charge is 0.387 e. The highest BCUT2D eigenvalue weighted by molar-refractivity contribution is 5.99. The minimum Gasteiger partial charge on any atom is -0.387 e. The van der Waals surface area contributed by atoms with Gasteiger partial charge in [0.1, 0.15) is 0 Å². The van der Waals surface area contributed by atoms with Gasteiger partial charge in [-0.1, -0.05) is 13.3 Å². The number of aromatic nitrogens is 1. The zero-order chi connectivity index (χ0) is 14.5. The van der Waals surface area contributed by atoms with Gasteiger partial charge in [-0.05, 0) is 44.6 Å². The Labute approximate surface area is 121 Å². The third-order valence-electron chi connectivity index (χ3n) is 4.31. The van der Waals surface area contributed by atoms with Gasteiger partial charge < -0.3 is 10.6 Å². The van der Waals surface area contributed by atoms with Crippen LogP contribution in [0.1, 0.15) is 55.1 Å². The third kappa shape index (κ3) is 3.50. The number of anilines is 1. The number of nitrogens with one attached hydrogen (secondary N) is 2. The first-order valence-corrected chi connectivity index (χ1v) is 7.59. The number of amides is 1. The molecule has 0 unspecified atom stereocenters. The molecule has 1 aromatic rings. The highest BCUT2D eigenvalue weighted by Crippen LogP contribution is 2.27. The molecule has 0 aliphatic heterocycles. The molecule has 1 saturated carbocycles. The topological polar surface area (TPSA) is 54.0 Å². The molecule has 0 aromatic carbocycles. The van der Waals surface area contributed by atoms with E-state index in [-0.39, 0.29) is 5.91 Å². The Balaban J connectivity index is 1.98. The summed E-state index contributed by atoms with van der Waals surface area (Å²) in [4.78, 5) is 16.6. The number of pyridine rings is 1. The molecular formula is C16H25N3O. The zero-order valence-electron chi connectivity index (χ0n) is 12.7. The number of rotatable bonds is 4. The van der Waals surface area contributed by atoms with Crippen LogP contribution in [0.3, 0.4) is 0 Å². The van der Waals surface area contributed by atoms with E-state index < -0.39 is 0 Å². The summed E-state index contributed by atoms with van der Waals surface area (Å²) in [6.45, 7) is 4.18. The van der Waals surface area contributed by atoms with Gasteiger partial charge in [0.15, 0.2) is 0 Å². The Bertz CT molecular complexity index is 465. The minimum atomic E-state index is -0.0122. The van der Waals surface area contributed by atoms with Crippen molar-refractivity contribution in [2.24, 2.45) is 5.92 Å². The van der Waals surface area contributed by atoms with Crippen LogP contribution in [0.25, 0.3) is 0 Å². The summed E-state index contributed by atoms with van der Waals surface area (Å²) in [6, 6.07) is 2.22. The average molecular weight is 275 g/mol. The van der Waals surface area contributed by atoms with E-state index in [4.69, 9.17) is 0 Å². The van der Waals surface area contributed by atoms with Gasteiger partial charge in [-0.25, -0.2) is 0 Å². The molecule has 0 spiro atoms. The van der Waals surface area contributed by atoms with Crippen molar-refractivity contribution in [1.29, 1.82) is 0 Å². The normalized spacial score (nSPS) is 22.4. The first kappa shape index (κ1) is 14.8. The molecule has 1 heterocycles. The van der Waals surface area contributed by atoms with E-state index in [0.29, 0.717) is 11.6 Å². The molecule has 4 heteroatoms. The summed E-state index contributed by atoms with van der Waals surface area (Å²) in [5.74, 6) is 0.832. The highest BCUT2D eigenvalue weighted by atomic mass is 16.1. The molecule has 20 heavy (non-hydrogen) atoms. The molecule has 0 radical (unpaired) electrons. The molecular weight excluding hydrogens is 250 g/mol. The summed E-state index contributed by atoms with van der Waals surface area (Å²) in [5.41, 5.74) is 2.39. The second kappa shape index (κ2) is 6.73. The number of carbonyl (C=O) groups is 1. The van der Waals surface area contributed by atoms with Crippen molar-refractivity contribution in [3.05, 3.63) is 23.5 Å². The van der Waals surface area contributed by atoms with E-state index in [1.807, 2.05) is 20.0 Å². The zero-order valence-corrected chi connectivity index (χ0v) is 12.7. The average Bonchev–Trinajstić information content (AvgIpc) is 2.47. The van der Waals surface area contributed by atoms with Crippen LogP contribution in [0.5, 0.6) is 0 Å². The number of hydrogen-bond donors (Lipinski definition) is 2. The molecule has 4 nitrogen and oxygen atoms in total. The van der Waals surface area contributed by atoms with Crippen LogP contribution in [-0.2, 0) is 0 Å². The van der Waals surface area contributed by atoms with Crippen LogP contribution in [0.2, 0.25) is 0 Å². The molecule has 0 bridgehead atoms. The second-order valence-corrected chi connectivity index (χ2v) is 5.72. The lowest BCUT2D eigenvalue weighted by molar-refractivity contribution is 0.0922. The lowest BCUT2D eigenvalue weighted by Crippen LogP contribution is -2.37. The Morgan fingerprint density at radius 1 is 1.35 bits per heavy atom. The molecule has 2 N–H and O–H groups in total. The minimum absolute atomic E-state index is 0.0122. The first-order valence-electron chi connectivity index (χ1n) is 7.59. The Kier molecular flexibility index (Phi) is 4.99. The van der Waals surface area contributed by atoms with Crippen molar-refractivity contribution in [1.82, 2.24) is 10.3 Å². The maximum Gasteiger partial charge on any atom is 0.255 e. The summed E-state index contributed by atoms with van der Waals surface area (Å²) < 4.78 is 0. The van der Waals surface area contributed by atoms with Crippen molar-refractivity contribution in [2.75, 3.05) is 12.4 Å². The van der Waals surface area contributed by atoms with Crippen LogP contribution in [0.4, 0.5) is 5.69 Å². The smallest absolute Gasteiger partial charge is 0.255 e. The van der Waals surface area contributed by atoms with Crippen molar-refractivity contribution >= 4 is 11.6 Å². The third-order valence-corrected chi connectivity index (χ3v) is 4.31. The van der Waals surface area contributed by atoms with Gasteiger partial charge in [0.25, 0.3) is 5.91 Å². The number of hydrogen-bond acceptors (Lipinski definition) is 3. The summed E-state index contributed by atoms with van der Waals surface area (Å²) in [7, 11) is 1.83. The van der Waals surface area contributed by atoms with Crippen molar-refractivity contribution in [3.8, 4) is 0 Å². The maximum atomic E-state index is 12.4. The Hall–Kier alpha value is -1.58. The Morgan fingerprint density at radius 3 is 2.65 bits per heavy atom. The van der Waals surface area contributed by atoms with E-state index in [1.165, 1.54) is 19.3 Å². The van der Waals surface area contributed by atoms with Crippen LogP contribution >= 0.6 is 0 Å². The molecule has 110 valence electrons. The predicted octanol–water partition coefficient (Wildman–Crippen LogP) is 3.13. The van der Waals surface area contributed by atoms with Crippen LogP contribution in [0, 0.1) is 12.8 Å². The van der Waals surface area contributed by atoms with E-state index in [1.54, 1.807) is 6.20 Å². The van der Waals surface area contributed by atoms with Gasteiger partial charge in [0.05, 0.1) is 11.3 Å². The molecule has 2 rings (SSSR count). The molecule has 1 aromatic heterocycles. The second-order valence-electron chi connectivity index (χ2n) is 5.72. The van der Waals surface area contributed by atoms with Crippen LogP contribution in [0.15, 0.2) is 12.3 Å². The Morgan fingerprint density at radius 2 is 2.05 bits per heavy atom. The van der Waals surface area contributed by atoms with Crippen LogP contribution in [-0.4, -0.2) is 24.0 Å². The van der Waals surface area contributed by atoms with Crippen LogP contribution < -0.4 is 10.6 Å². The van der Waals surface area contributed by atoms with Gasteiger partial charge in [-0.15, -0.1) is 0 Å². The first-order chi connectivity index (χ1) is 9.63. The highest BCUT2D eigenvalue weighted by Gasteiger charge is 2.22. The predicted molar refractivity (Wildman–Crippen MR) is 82.0 cm³/mol. The number of carbonyl (C=O) groups excluding carboxylic acids is 1. The fourth-order valence-electron chi connectivity index (χ4n) is 2.93. The summed E-state index contributed by atoms with van der Waals surface area (Å²) >= 11 is 0. The monoisotopic (exact) mass is 275 g/mol. The standard InChI is InChI=1S/C16H25N3O/c1-4-12-5-7-13(8-6-12)19-16(20)14-10-18-11(2)9-15(14)17-3/h9-10,12-13H,4-8H2,1-3H3,(H,17,18)(H,19,20). The van der Waals surface area contributed by atoms with Gasteiger partial charge in [0, 0.05) is 25.0 Å². The number of aryl methyl sites for hydroxylation is 1. The van der Waals surface area contributed by atoms with Crippen molar-refractivity contribution in [2.45, 2.75) is 52.0 Å². The molecule has 1 amide bonds. The van der Waals surface area contributed by atoms with E-state index >= 15 is 0 Å². The van der Waals surface area contributed by atoms with Crippen molar-refractivity contribution < 1.29 is 4.79 Å². The summed E-state index contributed by atoms with van der Waals surface area (Å²) in [5, 5.41) is 6.22. The molecule has 1 aliphatic rings. The molecule has 1 aliphatic carbocycles. The molecule has 0 atom stereocenters. The quantitative estimate of drug-likeness (QED) is 0.887. The lowest BCUT2D eigenvalue weighted by Gasteiger charge is -2.28. The number of nitrogens with zero attached hydrogens (tertiary/aromatic N) is 1. The fraction of sp³-hybridized carbons (Fsp3) is 0.625. The summed E-state index contributed by atoms with van der Waals surface area (Å²) in [6.07, 6.45) is 7.57. The van der Waals surface area contributed by atoms with Gasteiger partial charge in [0.2, 0.25) is 0 Å². The molecule has 0 saturated heterocycles. The van der Waals surface area contributed by atoms with E-state index in [2.05, 4.69) is 22.5 Å². The van der Waals surface area contributed by atoms with E-state index in [0.717, 1.165) is 30.1 Å². The van der Waals surface area contributed by atoms with Gasteiger partial charge >= 0.3 is 0 Å². The SMILES string of the molecule is CCC1CCC(NC(=O)c2cnc(C)cc2NC)CC1. The van der Waals surface area contributed by atoms with Gasteiger partial charge in [-0.3, -0.25) is 9.78 Å².